The fourth-order valence-electron chi connectivity index (χ4n) is 1.24. The van der Waals surface area contributed by atoms with Crippen LogP contribution in [0, 0.1) is 0 Å². The summed E-state index contributed by atoms with van der Waals surface area (Å²) in [5.74, 6) is 0. The molecule has 0 spiro atoms. The van der Waals surface area contributed by atoms with E-state index in [1.807, 2.05) is 4.57 Å². The van der Waals surface area contributed by atoms with Gasteiger partial charge in [0, 0.05) is 17.9 Å². The summed E-state index contributed by atoms with van der Waals surface area (Å²) in [7, 11) is 0. The van der Waals surface area contributed by atoms with Crippen molar-refractivity contribution < 1.29 is 0 Å². The fraction of sp³-hybridized carbons (Fsp3) is 0.444. The summed E-state index contributed by atoms with van der Waals surface area (Å²) in [6.07, 6.45) is 5.12. The van der Waals surface area contributed by atoms with E-state index in [1.165, 1.54) is 0 Å². The second-order valence-electron chi connectivity index (χ2n) is 3.99. The van der Waals surface area contributed by atoms with Crippen LogP contribution in [0.3, 0.4) is 0 Å². The van der Waals surface area contributed by atoms with Crippen molar-refractivity contribution in [2.24, 2.45) is 0 Å². The molecular formula is C9H12N4. The second kappa shape index (κ2) is 2.52. The Morgan fingerprint density at radius 3 is 2.46 bits per heavy atom. The van der Waals surface area contributed by atoms with Crippen LogP contribution in [0.2, 0.25) is 0 Å². The Labute approximate surface area is 76.7 Å². The van der Waals surface area contributed by atoms with Crippen LogP contribution >= 0.6 is 0 Å². The molecule has 0 amide bonds. The molecule has 2 rings (SSSR count). The van der Waals surface area contributed by atoms with Crippen molar-refractivity contribution in [3.63, 3.8) is 0 Å². The molecule has 2 aromatic heterocycles. The minimum absolute atomic E-state index is 0.00475. The standard InChI is InChI=1S/C9H12N4/c1-9(2,3)13-6-12-7-8(13)11-5-4-10-7/h4-6H,1-3H3. The first-order valence-electron chi connectivity index (χ1n) is 4.23. The summed E-state index contributed by atoms with van der Waals surface area (Å²) < 4.78 is 2.02. The molecule has 0 bridgehead atoms. The molecule has 4 nitrogen and oxygen atoms in total. The van der Waals surface area contributed by atoms with Gasteiger partial charge < -0.3 is 4.57 Å². The van der Waals surface area contributed by atoms with Gasteiger partial charge in [-0.15, -0.1) is 0 Å². The van der Waals surface area contributed by atoms with Crippen molar-refractivity contribution in [1.82, 2.24) is 19.5 Å². The van der Waals surface area contributed by atoms with E-state index in [4.69, 9.17) is 0 Å². The Hall–Kier alpha value is -1.45. The van der Waals surface area contributed by atoms with E-state index in [-0.39, 0.29) is 5.54 Å². The molecule has 0 aromatic carbocycles. The van der Waals surface area contributed by atoms with Gasteiger partial charge in [0.05, 0.1) is 6.33 Å². The Balaban J connectivity index is 2.72. The lowest BCUT2D eigenvalue weighted by molar-refractivity contribution is 0.406. The molecule has 0 atom stereocenters. The smallest absolute Gasteiger partial charge is 0.197 e. The van der Waals surface area contributed by atoms with Gasteiger partial charge in [-0.05, 0) is 20.8 Å². The predicted molar refractivity (Wildman–Crippen MR) is 50.3 cm³/mol. The van der Waals surface area contributed by atoms with Crippen LogP contribution in [0.4, 0.5) is 0 Å². The molecule has 0 saturated heterocycles. The lowest BCUT2D eigenvalue weighted by atomic mass is 10.1. The van der Waals surface area contributed by atoms with Gasteiger partial charge in [0.15, 0.2) is 11.3 Å². The molecule has 0 N–H and O–H groups in total. The van der Waals surface area contributed by atoms with Gasteiger partial charge >= 0.3 is 0 Å². The molecular weight excluding hydrogens is 164 g/mol. The first kappa shape index (κ1) is 8.16. The molecule has 0 aliphatic rings. The quantitative estimate of drug-likeness (QED) is 0.612. The van der Waals surface area contributed by atoms with Gasteiger partial charge in [0.25, 0.3) is 0 Å². The van der Waals surface area contributed by atoms with Gasteiger partial charge in [-0.3, -0.25) is 0 Å². The van der Waals surface area contributed by atoms with Gasteiger partial charge in [-0.2, -0.15) is 0 Å². The lowest BCUT2D eigenvalue weighted by Crippen LogP contribution is -2.20. The molecule has 2 heterocycles. The highest BCUT2D eigenvalue weighted by Crippen LogP contribution is 2.18. The zero-order valence-corrected chi connectivity index (χ0v) is 8.02. The van der Waals surface area contributed by atoms with Crippen molar-refractivity contribution in [2.45, 2.75) is 26.3 Å². The molecule has 0 fully saturated rings. The molecule has 2 aromatic rings. The van der Waals surface area contributed by atoms with E-state index in [9.17, 15) is 0 Å². The molecule has 0 aliphatic heterocycles. The van der Waals surface area contributed by atoms with E-state index >= 15 is 0 Å². The van der Waals surface area contributed by atoms with Gasteiger partial charge in [-0.1, -0.05) is 0 Å². The van der Waals surface area contributed by atoms with Crippen LogP contribution in [0.1, 0.15) is 20.8 Å². The fourth-order valence-corrected chi connectivity index (χ4v) is 1.24. The maximum absolute atomic E-state index is 4.25. The van der Waals surface area contributed by atoms with Crippen LogP contribution in [-0.4, -0.2) is 19.5 Å². The molecule has 0 unspecified atom stereocenters. The van der Waals surface area contributed by atoms with E-state index in [0.717, 1.165) is 5.65 Å². The topological polar surface area (TPSA) is 43.6 Å². The molecule has 68 valence electrons. The Morgan fingerprint density at radius 2 is 1.77 bits per heavy atom. The Bertz CT molecular complexity index is 424. The summed E-state index contributed by atoms with van der Waals surface area (Å²) in [4.78, 5) is 12.5. The Morgan fingerprint density at radius 1 is 1.08 bits per heavy atom. The third-order valence-electron chi connectivity index (χ3n) is 1.91. The SMILES string of the molecule is CC(C)(C)n1cnc2nccnc21. The molecule has 0 aliphatic carbocycles. The van der Waals surface area contributed by atoms with Crippen LogP contribution in [0.15, 0.2) is 18.7 Å². The lowest BCUT2D eigenvalue weighted by Gasteiger charge is -2.20. The number of hydrogen-bond acceptors (Lipinski definition) is 3. The average Bonchev–Trinajstić information content (AvgIpc) is 2.45. The highest BCUT2D eigenvalue weighted by atomic mass is 15.2. The normalized spacial score (nSPS) is 12.2. The van der Waals surface area contributed by atoms with Crippen LogP contribution in [-0.2, 0) is 5.54 Å². The van der Waals surface area contributed by atoms with Crippen LogP contribution in [0.25, 0.3) is 11.3 Å². The predicted octanol–water partition coefficient (Wildman–Crippen LogP) is 1.58. The number of aromatic nitrogens is 4. The van der Waals surface area contributed by atoms with Gasteiger partial charge in [-0.25, -0.2) is 15.0 Å². The zero-order valence-electron chi connectivity index (χ0n) is 8.02. The van der Waals surface area contributed by atoms with Crippen LogP contribution in [0.5, 0.6) is 0 Å². The first-order valence-corrected chi connectivity index (χ1v) is 4.23. The highest BCUT2D eigenvalue weighted by molar-refractivity contribution is 5.65. The summed E-state index contributed by atoms with van der Waals surface area (Å²) in [6.45, 7) is 6.34. The highest BCUT2D eigenvalue weighted by Gasteiger charge is 2.16. The van der Waals surface area contributed by atoms with Gasteiger partial charge in [0.1, 0.15) is 0 Å². The molecule has 0 radical (unpaired) electrons. The van der Waals surface area contributed by atoms with E-state index in [0.29, 0.717) is 5.65 Å². The average molecular weight is 176 g/mol. The largest absolute Gasteiger partial charge is 0.309 e. The van der Waals surface area contributed by atoms with Crippen molar-refractivity contribution in [1.29, 1.82) is 0 Å². The summed E-state index contributed by atoms with van der Waals surface area (Å²) in [5.41, 5.74) is 1.55. The third-order valence-corrected chi connectivity index (χ3v) is 1.91. The summed E-state index contributed by atoms with van der Waals surface area (Å²) in [5, 5.41) is 0. The summed E-state index contributed by atoms with van der Waals surface area (Å²) in [6, 6.07) is 0. The maximum Gasteiger partial charge on any atom is 0.197 e. The minimum atomic E-state index is 0.00475. The zero-order chi connectivity index (χ0) is 9.47. The number of rotatable bonds is 0. The van der Waals surface area contributed by atoms with Gasteiger partial charge in [0.2, 0.25) is 0 Å². The first-order chi connectivity index (χ1) is 6.09. The second-order valence-corrected chi connectivity index (χ2v) is 3.99. The number of nitrogens with zero attached hydrogens (tertiary/aromatic N) is 4. The van der Waals surface area contributed by atoms with Crippen molar-refractivity contribution >= 4 is 11.3 Å². The van der Waals surface area contributed by atoms with E-state index in [1.54, 1.807) is 18.7 Å². The summed E-state index contributed by atoms with van der Waals surface area (Å²) >= 11 is 0. The van der Waals surface area contributed by atoms with Crippen LogP contribution < -0.4 is 0 Å². The number of hydrogen-bond donors (Lipinski definition) is 0. The molecule has 13 heavy (non-hydrogen) atoms. The van der Waals surface area contributed by atoms with E-state index in [2.05, 4.69) is 35.7 Å². The molecule has 0 saturated carbocycles. The minimum Gasteiger partial charge on any atom is -0.309 e. The molecule has 4 heteroatoms. The number of imidazole rings is 1. The number of fused-ring (bicyclic) bond motifs is 1. The van der Waals surface area contributed by atoms with Crippen molar-refractivity contribution in [3.8, 4) is 0 Å². The monoisotopic (exact) mass is 176 g/mol. The van der Waals surface area contributed by atoms with E-state index < -0.39 is 0 Å². The third kappa shape index (κ3) is 1.28. The Kier molecular flexibility index (Phi) is 1.58. The maximum atomic E-state index is 4.25. The van der Waals surface area contributed by atoms with Crippen molar-refractivity contribution in [3.05, 3.63) is 18.7 Å². The van der Waals surface area contributed by atoms with Crippen molar-refractivity contribution in [2.75, 3.05) is 0 Å².